The molecule has 2 amide bonds. The number of carbonyl (C=O) groups excluding carboxylic acids is 3. The Balaban J connectivity index is 1.52. The highest BCUT2D eigenvalue weighted by molar-refractivity contribution is 6.24. The minimum absolute atomic E-state index is 0.184. The summed E-state index contributed by atoms with van der Waals surface area (Å²) in [4.78, 5) is 64.5. The summed E-state index contributed by atoms with van der Waals surface area (Å²) in [6.45, 7) is 1.39. The first-order valence-electron chi connectivity index (χ1n) is 12.7. The van der Waals surface area contributed by atoms with Crippen molar-refractivity contribution in [3.63, 3.8) is 0 Å². The van der Waals surface area contributed by atoms with Gasteiger partial charge < -0.3 is 10.2 Å². The van der Waals surface area contributed by atoms with Crippen molar-refractivity contribution < 1.29 is 34.2 Å². The topological polar surface area (TPSA) is 141 Å². The van der Waals surface area contributed by atoms with Gasteiger partial charge in [-0.1, -0.05) is 66.7 Å². The number of benzene rings is 3. The number of carbonyl (C=O) groups is 5. The molecule has 2 aliphatic rings. The number of imide groups is 1. The first kappa shape index (κ1) is 26.7. The number of ketones is 1. The van der Waals surface area contributed by atoms with Crippen LogP contribution in [0.4, 0.5) is 5.69 Å². The van der Waals surface area contributed by atoms with Crippen molar-refractivity contribution in [3.05, 3.63) is 101 Å². The van der Waals surface area contributed by atoms with Crippen molar-refractivity contribution in [3.8, 4) is 0 Å². The van der Waals surface area contributed by atoms with Gasteiger partial charge in [0, 0.05) is 11.6 Å². The number of hydrogen-bond donors (Lipinski definition) is 3. The number of amides is 2. The van der Waals surface area contributed by atoms with Crippen molar-refractivity contribution in [1.29, 1.82) is 0 Å². The van der Waals surface area contributed by atoms with E-state index in [1.165, 1.54) is 31.2 Å². The smallest absolute Gasteiger partial charge is 0.325 e. The van der Waals surface area contributed by atoms with Crippen LogP contribution in [0.2, 0.25) is 0 Å². The lowest BCUT2D eigenvalue weighted by molar-refractivity contribution is -0.154. The predicted octanol–water partition coefficient (Wildman–Crippen LogP) is 3.81. The monoisotopic (exact) mass is 538 g/mol. The summed E-state index contributed by atoms with van der Waals surface area (Å²) in [5.74, 6) is -7.17. The maximum Gasteiger partial charge on any atom is 0.325 e. The molecule has 3 aromatic rings. The molecule has 0 bridgehead atoms. The van der Waals surface area contributed by atoms with Crippen LogP contribution >= 0.6 is 0 Å². The van der Waals surface area contributed by atoms with Crippen molar-refractivity contribution in [1.82, 2.24) is 5.32 Å². The summed E-state index contributed by atoms with van der Waals surface area (Å²) in [5, 5.41) is 22.7. The third-order valence-electron chi connectivity index (χ3n) is 7.56. The van der Waals surface area contributed by atoms with Crippen LogP contribution < -0.4 is 10.2 Å². The molecule has 0 aliphatic carbocycles. The Labute approximate surface area is 229 Å². The second kappa shape index (κ2) is 10.3. The van der Waals surface area contributed by atoms with E-state index in [4.69, 9.17) is 0 Å². The zero-order chi connectivity index (χ0) is 28.6. The van der Waals surface area contributed by atoms with Gasteiger partial charge in [0.05, 0.1) is 23.9 Å². The molecule has 2 aliphatic heterocycles. The van der Waals surface area contributed by atoms with Gasteiger partial charge in [-0.3, -0.25) is 29.3 Å². The quantitative estimate of drug-likeness (QED) is 0.223. The third kappa shape index (κ3) is 4.60. The van der Waals surface area contributed by atoms with Crippen LogP contribution in [0.3, 0.4) is 0 Å². The zero-order valence-electron chi connectivity index (χ0n) is 21.5. The lowest BCUT2D eigenvalue weighted by atomic mass is 9.77. The summed E-state index contributed by atoms with van der Waals surface area (Å²) >= 11 is 0. The predicted molar refractivity (Wildman–Crippen MR) is 146 cm³/mol. The number of Topliss-reactive ketones (excluding diaryl/α,β-unsaturated/α-hetero) is 1. The summed E-state index contributed by atoms with van der Waals surface area (Å²) in [5.41, 5.74) is 0.791. The van der Waals surface area contributed by atoms with Gasteiger partial charge in [0.25, 0.3) is 0 Å². The fourth-order valence-electron chi connectivity index (χ4n) is 5.63. The number of carboxylic acid groups (broad SMARTS) is 2. The number of fused-ring (bicyclic) bond motifs is 1. The molecule has 202 valence electrons. The highest BCUT2D eigenvalue weighted by atomic mass is 16.4. The van der Waals surface area contributed by atoms with E-state index in [1.54, 1.807) is 12.1 Å². The number of aliphatic carboxylic acids is 2. The minimum atomic E-state index is -2.20. The largest absolute Gasteiger partial charge is 0.481 e. The number of anilines is 1. The summed E-state index contributed by atoms with van der Waals surface area (Å²) in [7, 11) is 0. The molecule has 9 heteroatoms. The maximum absolute atomic E-state index is 13.8. The van der Waals surface area contributed by atoms with E-state index in [0.717, 1.165) is 16.0 Å². The van der Waals surface area contributed by atoms with Crippen molar-refractivity contribution in [2.75, 3.05) is 4.90 Å². The van der Waals surface area contributed by atoms with E-state index in [1.807, 2.05) is 54.6 Å². The summed E-state index contributed by atoms with van der Waals surface area (Å²) < 4.78 is 0. The molecule has 5 rings (SSSR count). The molecule has 0 saturated carbocycles. The van der Waals surface area contributed by atoms with Gasteiger partial charge >= 0.3 is 11.9 Å². The van der Waals surface area contributed by atoms with Gasteiger partial charge in [0.15, 0.2) is 5.78 Å². The molecule has 2 saturated heterocycles. The van der Waals surface area contributed by atoms with E-state index < -0.39 is 53.6 Å². The Morgan fingerprint density at radius 1 is 0.850 bits per heavy atom. The van der Waals surface area contributed by atoms with E-state index in [0.29, 0.717) is 11.1 Å². The zero-order valence-corrected chi connectivity index (χ0v) is 21.5. The molecule has 4 atom stereocenters. The van der Waals surface area contributed by atoms with Crippen LogP contribution in [0.25, 0.3) is 12.2 Å². The van der Waals surface area contributed by atoms with Crippen LogP contribution in [0.1, 0.15) is 46.4 Å². The Kier molecular flexibility index (Phi) is 6.91. The number of rotatable bonds is 8. The first-order valence-corrected chi connectivity index (χ1v) is 12.7. The number of nitrogens with one attached hydrogen (secondary N) is 1. The average Bonchev–Trinajstić information content (AvgIpc) is 3.41. The molecule has 3 N–H and O–H groups in total. The maximum atomic E-state index is 13.8. The van der Waals surface area contributed by atoms with Crippen LogP contribution in [0, 0.1) is 11.8 Å². The van der Waals surface area contributed by atoms with Gasteiger partial charge in [0.1, 0.15) is 5.54 Å². The minimum Gasteiger partial charge on any atom is -0.481 e. The molecular formula is C31H26N2O7. The Morgan fingerprint density at radius 2 is 1.45 bits per heavy atom. The standard InChI is InChI=1S/C31H26N2O7/c1-18(34)21-13-15-23(16-14-21)33-28(37)25-26(29(33)38)31(30(39)40,17-24(35)36)32-27(25)22-11-9-20(10-12-22)8-7-19-5-3-2-4-6-19/h2-16,25-27,32H,17H2,1H3,(H,35,36)(H,39,40). The van der Waals surface area contributed by atoms with Gasteiger partial charge in [-0.15, -0.1) is 0 Å². The van der Waals surface area contributed by atoms with Crippen molar-refractivity contribution >= 4 is 47.4 Å². The van der Waals surface area contributed by atoms with Gasteiger partial charge in [0.2, 0.25) is 11.8 Å². The van der Waals surface area contributed by atoms with Gasteiger partial charge in [-0.2, -0.15) is 0 Å². The van der Waals surface area contributed by atoms with Crippen molar-refractivity contribution in [2.24, 2.45) is 11.8 Å². The summed E-state index contributed by atoms with van der Waals surface area (Å²) in [6.07, 6.45) is 2.95. The van der Waals surface area contributed by atoms with Crippen LogP contribution in [-0.2, 0) is 19.2 Å². The average molecular weight is 539 g/mol. The van der Waals surface area contributed by atoms with Crippen LogP contribution in [-0.4, -0.2) is 45.3 Å². The molecular weight excluding hydrogens is 512 g/mol. The molecule has 2 heterocycles. The van der Waals surface area contributed by atoms with E-state index in [2.05, 4.69) is 5.32 Å². The van der Waals surface area contributed by atoms with E-state index >= 15 is 0 Å². The lowest BCUT2D eigenvalue weighted by Crippen LogP contribution is -2.57. The molecule has 0 radical (unpaired) electrons. The summed E-state index contributed by atoms with van der Waals surface area (Å²) in [6, 6.07) is 21.7. The molecule has 4 unspecified atom stereocenters. The number of carboxylic acids is 2. The Morgan fingerprint density at radius 3 is 2.00 bits per heavy atom. The van der Waals surface area contributed by atoms with E-state index in [9.17, 15) is 34.2 Å². The van der Waals surface area contributed by atoms with Gasteiger partial charge in [-0.05, 0) is 47.9 Å². The molecule has 0 spiro atoms. The molecule has 40 heavy (non-hydrogen) atoms. The third-order valence-corrected chi connectivity index (χ3v) is 7.56. The number of nitrogens with zero attached hydrogens (tertiary/aromatic N) is 1. The Hall–Kier alpha value is -4.89. The fraction of sp³-hybridized carbons (Fsp3) is 0.194. The van der Waals surface area contributed by atoms with Crippen LogP contribution in [0.5, 0.6) is 0 Å². The lowest BCUT2D eigenvalue weighted by Gasteiger charge is -2.29. The molecule has 0 aromatic heterocycles. The second-order valence-corrected chi connectivity index (χ2v) is 10.00. The fourth-order valence-corrected chi connectivity index (χ4v) is 5.63. The normalized spacial score (nSPS) is 23.9. The van der Waals surface area contributed by atoms with E-state index in [-0.39, 0.29) is 11.5 Å². The SMILES string of the molecule is CC(=O)c1ccc(N2C(=O)C3C(c4ccc(C=Cc5ccccc5)cc4)NC(CC(=O)O)(C(=O)O)C3C2=O)cc1. The highest BCUT2D eigenvalue weighted by Gasteiger charge is 2.69. The first-order chi connectivity index (χ1) is 19.1. The molecule has 3 aromatic carbocycles. The highest BCUT2D eigenvalue weighted by Crippen LogP contribution is 2.51. The van der Waals surface area contributed by atoms with Crippen LogP contribution in [0.15, 0.2) is 78.9 Å². The number of hydrogen-bond acceptors (Lipinski definition) is 6. The van der Waals surface area contributed by atoms with Crippen molar-refractivity contribution in [2.45, 2.75) is 24.9 Å². The second-order valence-electron chi connectivity index (χ2n) is 10.00. The van der Waals surface area contributed by atoms with Gasteiger partial charge in [-0.25, -0.2) is 4.90 Å². The molecule has 2 fully saturated rings. The Bertz CT molecular complexity index is 1530. The molecule has 9 nitrogen and oxygen atoms in total.